The maximum atomic E-state index is 10.5. The Morgan fingerprint density at radius 1 is 1.62 bits per heavy atom. The van der Waals surface area contributed by atoms with Crippen molar-refractivity contribution < 1.29 is 4.79 Å². The highest BCUT2D eigenvalue weighted by atomic mass is 16.1. The van der Waals surface area contributed by atoms with Gasteiger partial charge < -0.3 is 5.73 Å². The average molecular weight is 181 g/mol. The summed E-state index contributed by atoms with van der Waals surface area (Å²) >= 11 is 0. The van der Waals surface area contributed by atoms with Crippen LogP contribution in [0.4, 0.5) is 0 Å². The third-order valence-electron chi connectivity index (χ3n) is 1.90. The minimum absolute atomic E-state index is 0.249. The van der Waals surface area contributed by atoms with E-state index >= 15 is 0 Å². The number of aromatic nitrogens is 2. The third-order valence-corrected chi connectivity index (χ3v) is 1.90. The molecule has 4 nitrogen and oxygen atoms in total. The van der Waals surface area contributed by atoms with Gasteiger partial charge in [-0.05, 0) is 26.3 Å². The van der Waals surface area contributed by atoms with E-state index in [0.717, 1.165) is 24.4 Å². The molecule has 72 valence electrons. The Morgan fingerprint density at radius 3 is 2.77 bits per heavy atom. The van der Waals surface area contributed by atoms with Gasteiger partial charge in [0.25, 0.3) is 0 Å². The smallest absolute Gasteiger partial charge is 0.217 e. The summed E-state index contributed by atoms with van der Waals surface area (Å²) in [5.74, 6) is -0.249. The first-order valence-corrected chi connectivity index (χ1v) is 4.39. The molecule has 1 rings (SSSR count). The second kappa shape index (κ2) is 4.07. The van der Waals surface area contributed by atoms with Crippen LogP contribution in [0.15, 0.2) is 6.07 Å². The number of carbonyl (C=O) groups is 1. The molecule has 0 fully saturated rings. The van der Waals surface area contributed by atoms with Crippen LogP contribution < -0.4 is 5.73 Å². The third kappa shape index (κ3) is 2.89. The second-order valence-corrected chi connectivity index (χ2v) is 3.22. The van der Waals surface area contributed by atoms with Crippen LogP contribution in [0.3, 0.4) is 0 Å². The van der Waals surface area contributed by atoms with Gasteiger partial charge in [0.05, 0.1) is 5.69 Å². The summed E-state index contributed by atoms with van der Waals surface area (Å²) in [6.07, 6.45) is 1.19. The van der Waals surface area contributed by atoms with E-state index in [0.29, 0.717) is 6.42 Å². The Kier molecular flexibility index (Phi) is 3.06. The summed E-state index contributed by atoms with van der Waals surface area (Å²) in [5.41, 5.74) is 7.17. The summed E-state index contributed by atoms with van der Waals surface area (Å²) in [6.45, 7) is 4.73. The van der Waals surface area contributed by atoms with Gasteiger partial charge in [0.1, 0.15) is 0 Å². The molecule has 2 N–H and O–H groups in total. The molecule has 0 saturated heterocycles. The molecule has 0 aromatic carbocycles. The van der Waals surface area contributed by atoms with Gasteiger partial charge in [-0.1, -0.05) is 0 Å². The highest BCUT2D eigenvalue weighted by molar-refractivity contribution is 5.73. The molecule has 0 radical (unpaired) electrons. The van der Waals surface area contributed by atoms with Gasteiger partial charge in [-0.3, -0.25) is 9.48 Å². The fraction of sp³-hybridized carbons (Fsp3) is 0.556. The molecule has 1 amide bonds. The van der Waals surface area contributed by atoms with E-state index in [1.165, 1.54) is 0 Å². The summed E-state index contributed by atoms with van der Waals surface area (Å²) in [6, 6.07) is 2.02. The predicted octanol–water partition coefficient (Wildman–Crippen LogP) is 0.765. The molecule has 13 heavy (non-hydrogen) atoms. The van der Waals surface area contributed by atoms with Crippen molar-refractivity contribution >= 4 is 5.91 Å². The molecule has 0 unspecified atom stereocenters. The highest BCUT2D eigenvalue weighted by Gasteiger charge is 2.00. The van der Waals surface area contributed by atoms with Crippen molar-refractivity contribution in [3.63, 3.8) is 0 Å². The molecule has 0 atom stereocenters. The fourth-order valence-electron chi connectivity index (χ4n) is 1.30. The average Bonchev–Trinajstić information content (AvgIpc) is 2.29. The number of hydrogen-bond acceptors (Lipinski definition) is 2. The van der Waals surface area contributed by atoms with E-state index in [1.807, 2.05) is 24.6 Å². The molecular formula is C9H15N3O. The first kappa shape index (κ1) is 9.77. The van der Waals surface area contributed by atoms with Crippen LogP contribution in [-0.2, 0) is 11.3 Å². The van der Waals surface area contributed by atoms with Crippen molar-refractivity contribution in [1.29, 1.82) is 0 Å². The zero-order valence-corrected chi connectivity index (χ0v) is 8.08. The zero-order valence-electron chi connectivity index (χ0n) is 8.08. The first-order valence-electron chi connectivity index (χ1n) is 4.39. The molecule has 1 heterocycles. The van der Waals surface area contributed by atoms with Gasteiger partial charge in [-0.15, -0.1) is 0 Å². The van der Waals surface area contributed by atoms with E-state index in [2.05, 4.69) is 5.10 Å². The minimum Gasteiger partial charge on any atom is -0.370 e. The topological polar surface area (TPSA) is 60.9 Å². The summed E-state index contributed by atoms with van der Waals surface area (Å²) < 4.78 is 1.90. The standard InChI is InChI=1S/C9H15N3O/c1-7-6-8(2)12(11-7)5-3-4-9(10)13/h6H,3-5H2,1-2H3,(H2,10,13). The Balaban J connectivity index is 2.45. The molecule has 1 aromatic rings. The maximum absolute atomic E-state index is 10.5. The fourth-order valence-corrected chi connectivity index (χ4v) is 1.30. The lowest BCUT2D eigenvalue weighted by molar-refractivity contribution is -0.118. The Morgan fingerprint density at radius 2 is 2.31 bits per heavy atom. The number of aryl methyl sites for hydroxylation is 3. The van der Waals surface area contributed by atoms with Gasteiger partial charge in [0.15, 0.2) is 0 Å². The van der Waals surface area contributed by atoms with E-state index in [1.54, 1.807) is 0 Å². The Hall–Kier alpha value is -1.32. The van der Waals surface area contributed by atoms with Crippen molar-refractivity contribution in [2.45, 2.75) is 33.2 Å². The van der Waals surface area contributed by atoms with Gasteiger partial charge in [0, 0.05) is 18.7 Å². The first-order chi connectivity index (χ1) is 6.09. The SMILES string of the molecule is Cc1cc(C)n(CCCC(N)=O)n1. The molecule has 0 aliphatic rings. The van der Waals surface area contributed by atoms with Gasteiger partial charge in [-0.2, -0.15) is 5.10 Å². The Bertz CT molecular complexity index is 304. The summed E-state index contributed by atoms with van der Waals surface area (Å²) in [5, 5.41) is 4.27. The van der Waals surface area contributed by atoms with E-state index < -0.39 is 0 Å². The van der Waals surface area contributed by atoms with Crippen LogP contribution in [0.2, 0.25) is 0 Å². The van der Waals surface area contributed by atoms with Crippen molar-refractivity contribution in [2.24, 2.45) is 5.73 Å². The number of primary amides is 1. The lowest BCUT2D eigenvalue weighted by Crippen LogP contribution is -2.12. The van der Waals surface area contributed by atoms with Crippen LogP contribution in [0.1, 0.15) is 24.2 Å². The van der Waals surface area contributed by atoms with Gasteiger partial charge >= 0.3 is 0 Å². The molecule has 0 aliphatic heterocycles. The molecule has 0 saturated carbocycles. The van der Waals surface area contributed by atoms with Gasteiger partial charge in [-0.25, -0.2) is 0 Å². The molecule has 4 heteroatoms. The highest BCUT2D eigenvalue weighted by Crippen LogP contribution is 2.03. The number of rotatable bonds is 4. The van der Waals surface area contributed by atoms with Crippen molar-refractivity contribution in [2.75, 3.05) is 0 Å². The Labute approximate surface area is 77.7 Å². The number of hydrogen-bond donors (Lipinski definition) is 1. The number of nitrogens with two attached hydrogens (primary N) is 1. The second-order valence-electron chi connectivity index (χ2n) is 3.22. The van der Waals surface area contributed by atoms with Crippen LogP contribution in [-0.4, -0.2) is 15.7 Å². The molecular weight excluding hydrogens is 166 g/mol. The number of nitrogens with zero attached hydrogens (tertiary/aromatic N) is 2. The summed E-state index contributed by atoms with van der Waals surface area (Å²) in [4.78, 5) is 10.5. The van der Waals surface area contributed by atoms with Crippen molar-refractivity contribution in [3.05, 3.63) is 17.5 Å². The van der Waals surface area contributed by atoms with Crippen molar-refractivity contribution in [1.82, 2.24) is 9.78 Å². The van der Waals surface area contributed by atoms with Gasteiger partial charge in [0.2, 0.25) is 5.91 Å². The number of carbonyl (C=O) groups excluding carboxylic acids is 1. The van der Waals surface area contributed by atoms with Crippen LogP contribution >= 0.6 is 0 Å². The molecule has 1 aromatic heterocycles. The van der Waals surface area contributed by atoms with E-state index in [9.17, 15) is 4.79 Å². The normalized spacial score (nSPS) is 10.3. The number of amides is 1. The lowest BCUT2D eigenvalue weighted by Gasteiger charge is -2.01. The minimum atomic E-state index is -0.249. The maximum Gasteiger partial charge on any atom is 0.217 e. The quantitative estimate of drug-likeness (QED) is 0.745. The molecule has 0 spiro atoms. The van der Waals surface area contributed by atoms with E-state index in [-0.39, 0.29) is 5.91 Å². The van der Waals surface area contributed by atoms with Crippen LogP contribution in [0.25, 0.3) is 0 Å². The monoisotopic (exact) mass is 181 g/mol. The summed E-state index contributed by atoms with van der Waals surface area (Å²) in [7, 11) is 0. The van der Waals surface area contributed by atoms with Crippen LogP contribution in [0.5, 0.6) is 0 Å². The largest absolute Gasteiger partial charge is 0.370 e. The van der Waals surface area contributed by atoms with Crippen molar-refractivity contribution in [3.8, 4) is 0 Å². The lowest BCUT2D eigenvalue weighted by atomic mass is 10.3. The molecule has 0 aliphatic carbocycles. The zero-order chi connectivity index (χ0) is 9.84. The predicted molar refractivity (Wildman–Crippen MR) is 50.1 cm³/mol. The van der Waals surface area contributed by atoms with E-state index in [4.69, 9.17) is 5.73 Å². The van der Waals surface area contributed by atoms with Crippen LogP contribution in [0, 0.1) is 13.8 Å². The molecule has 0 bridgehead atoms.